The summed E-state index contributed by atoms with van der Waals surface area (Å²) in [4.78, 5) is 13.2. The van der Waals surface area contributed by atoms with Crippen LogP contribution in [-0.2, 0) is 13.6 Å². The molecule has 1 N–H and O–H groups in total. The molecule has 0 spiro atoms. The average Bonchev–Trinajstić information content (AvgIpc) is 2.83. The number of pyridine rings is 1. The minimum Gasteiger partial charge on any atom is -0.485 e. The third kappa shape index (κ3) is 7.25. The van der Waals surface area contributed by atoms with Gasteiger partial charge in [-0.2, -0.15) is 0 Å². The molecule has 0 aliphatic carbocycles. The van der Waals surface area contributed by atoms with Crippen molar-refractivity contribution in [3.05, 3.63) is 87.7 Å². The Kier molecular flexibility index (Phi) is 9.18. The van der Waals surface area contributed by atoms with E-state index in [-0.39, 0.29) is 17.4 Å². The Morgan fingerprint density at radius 3 is 2.46 bits per heavy atom. The van der Waals surface area contributed by atoms with Crippen molar-refractivity contribution in [2.24, 2.45) is 7.05 Å². The fourth-order valence-electron chi connectivity index (χ4n) is 3.83. The van der Waals surface area contributed by atoms with Gasteiger partial charge in [0, 0.05) is 24.7 Å². The van der Waals surface area contributed by atoms with Crippen LogP contribution in [-0.4, -0.2) is 17.3 Å². The number of aromatic nitrogens is 1. The number of anilines is 1. The summed E-state index contributed by atoms with van der Waals surface area (Å²) in [5, 5.41) is 4.30. The zero-order valence-electron chi connectivity index (χ0n) is 21.9. The first-order valence-electron chi connectivity index (χ1n) is 12.3. The van der Waals surface area contributed by atoms with Gasteiger partial charge >= 0.3 is 0 Å². The van der Waals surface area contributed by atoms with Crippen molar-refractivity contribution in [3.63, 3.8) is 0 Å². The lowest BCUT2D eigenvalue weighted by Gasteiger charge is -2.19. The molecule has 5 nitrogen and oxygen atoms in total. The Morgan fingerprint density at radius 2 is 1.77 bits per heavy atom. The molecule has 1 heterocycles. The topological polar surface area (TPSA) is 52.5 Å². The maximum Gasteiger partial charge on any atom is 0.297 e. The monoisotopic (exact) mass is 474 g/mol. The lowest BCUT2D eigenvalue weighted by molar-refractivity contribution is 0.222. The van der Waals surface area contributed by atoms with Crippen LogP contribution in [0.4, 0.5) is 5.69 Å². The second-order valence-corrected chi connectivity index (χ2v) is 9.44. The molecule has 3 aromatic rings. The highest BCUT2D eigenvalue weighted by Crippen LogP contribution is 2.34. The molecule has 5 heteroatoms. The minimum absolute atomic E-state index is 0.143. The molecular weight excluding hydrogens is 436 g/mol. The Morgan fingerprint density at radius 1 is 1.03 bits per heavy atom. The number of aryl methyl sites for hydroxylation is 1. The van der Waals surface area contributed by atoms with Crippen LogP contribution in [0.2, 0.25) is 0 Å². The van der Waals surface area contributed by atoms with E-state index in [1.165, 1.54) is 16.7 Å². The molecule has 0 aliphatic heterocycles. The Bertz CT molecular complexity index is 1250. The molecule has 0 unspecified atom stereocenters. The van der Waals surface area contributed by atoms with E-state index >= 15 is 0 Å². The van der Waals surface area contributed by atoms with Gasteiger partial charge in [-0.15, -0.1) is 0 Å². The predicted octanol–water partition coefficient (Wildman–Crippen LogP) is 7.01. The van der Waals surface area contributed by atoms with Crippen LogP contribution in [0.3, 0.4) is 0 Å². The number of nitrogens with one attached hydrogen (secondary N) is 1. The number of fused-ring (bicyclic) bond motifs is 1. The van der Waals surface area contributed by atoms with E-state index in [4.69, 9.17) is 9.47 Å². The average molecular weight is 475 g/mol. The van der Waals surface area contributed by atoms with E-state index in [1.54, 1.807) is 11.6 Å². The van der Waals surface area contributed by atoms with Crippen molar-refractivity contribution in [3.8, 4) is 11.5 Å². The van der Waals surface area contributed by atoms with Crippen molar-refractivity contribution < 1.29 is 9.47 Å². The van der Waals surface area contributed by atoms with Gasteiger partial charge in [0.1, 0.15) is 6.61 Å². The third-order valence-electron chi connectivity index (χ3n) is 5.75. The Hall–Kier alpha value is -3.47. The second-order valence-electron chi connectivity index (χ2n) is 9.44. The van der Waals surface area contributed by atoms with Gasteiger partial charge in [0.2, 0.25) is 5.75 Å². The summed E-state index contributed by atoms with van der Waals surface area (Å²) in [5.74, 6) is 0.760. The summed E-state index contributed by atoms with van der Waals surface area (Å²) in [6, 6.07) is 16.2. The molecule has 3 rings (SSSR count). The van der Waals surface area contributed by atoms with Crippen LogP contribution in [0, 0.1) is 0 Å². The molecule has 0 saturated heterocycles. The molecule has 0 atom stereocenters. The van der Waals surface area contributed by atoms with Gasteiger partial charge in [0.05, 0.1) is 11.6 Å². The molecule has 35 heavy (non-hydrogen) atoms. The molecule has 0 radical (unpaired) electrons. The summed E-state index contributed by atoms with van der Waals surface area (Å²) in [7, 11) is 1.77. The highest BCUT2D eigenvalue weighted by molar-refractivity contribution is 5.90. The highest BCUT2D eigenvalue weighted by atomic mass is 16.5. The summed E-state index contributed by atoms with van der Waals surface area (Å²) < 4.78 is 13.8. The van der Waals surface area contributed by atoms with Crippen LogP contribution in [0.5, 0.6) is 11.5 Å². The highest BCUT2D eigenvalue weighted by Gasteiger charge is 2.19. The maximum absolute atomic E-state index is 13.2. The van der Waals surface area contributed by atoms with E-state index in [1.807, 2.05) is 50.2 Å². The maximum atomic E-state index is 13.2. The van der Waals surface area contributed by atoms with Gasteiger partial charge in [-0.3, -0.25) is 4.79 Å². The van der Waals surface area contributed by atoms with Crippen molar-refractivity contribution in [1.82, 2.24) is 4.57 Å². The number of hydrogen-bond acceptors (Lipinski definition) is 4. The molecule has 0 saturated carbocycles. The molecule has 0 fully saturated rings. The normalized spacial score (nSPS) is 11.6. The quantitative estimate of drug-likeness (QED) is 0.304. The third-order valence-corrected chi connectivity index (χ3v) is 5.75. The number of hydrogen-bond donors (Lipinski definition) is 1. The van der Waals surface area contributed by atoms with Crippen molar-refractivity contribution in [2.75, 3.05) is 11.9 Å². The fraction of sp³-hybridized carbons (Fsp3) is 0.367. The van der Waals surface area contributed by atoms with E-state index in [0.29, 0.717) is 18.9 Å². The number of allylic oxidation sites excluding steroid dienone is 3. The SMILES string of the molecule is CC(C)=CCC/C(C)=C/COc1c(OC(C)C)c(=O)n(C)c2cc(NCc3ccccc3)ccc12. The van der Waals surface area contributed by atoms with Gasteiger partial charge in [-0.25, -0.2) is 0 Å². The number of rotatable bonds is 11. The fourth-order valence-corrected chi connectivity index (χ4v) is 3.83. The van der Waals surface area contributed by atoms with Crippen LogP contribution in [0.15, 0.2) is 76.6 Å². The van der Waals surface area contributed by atoms with E-state index in [9.17, 15) is 4.79 Å². The first kappa shape index (κ1) is 26.1. The van der Waals surface area contributed by atoms with Gasteiger partial charge in [0.15, 0.2) is 5.75 Å². The zero-order valence-corrected chi connectivity index (χ0v) is 21.9. The van der Waals surface area contributed by atoms with Crippen LogP contribution in [0.1, 0.15) is 53.0 Å². The molecule has 0 amide bonds. The zero-order chi connectivity index (χ0) is 25.4. The molecule has 0 aliphatic rings. The van der Waals surface area contributed by atoms with E-state index in [0.717, 1.165) is 29.4 Å². The number of benzene rings is 2. The van der Waals surface area contributed by atoms with Crippen molar-refractivity contribution in [1.29, 1.82) is 0 Å². The van der Waals surface area contributed by atoms with Crippen LogP contribution in [0.25, 0.3) is 10.9 Å². The first-order valence-corrected chi connectivity index (χ1v) is 12.3. The lowest BCUT2D eigenvalue weighted by atomic mass is 10.1. The van der Waals surface area contributed by atoms with E-state index < -0.39 is 0 Å². The second kappa shape index (κ2) is 12.3. The predicted molar refractivity (Wildman–Crippen MR) is 147 cm³/mol. The van der Waals surface area contributed by atoms with Gasteiger partial charge in [0.25, 0.3) is 5.56 Å². The smallest absolute Gasteiger partial charge is 0.297 e. The van der Waals surface area contributed by atoms with E-state index in [2.05, 4.69) is 50.4 Å². The van der Waals surface area contributed by atoms with Gasteiger partial charge < -0.3 is 19.4 Å². The summed E-state index contributed by atoms with van der Waals surface area (Å²) in [6.45, 7) is 11.2. The standard InChI is InChI=1S/C30H38N2O3/c1-21(2)11-10-12-23(5)17-18-34-28-26-16-15-25(31-20-24-13-8-7-9-14-24)19-27(26)32(6)30(33)29(28)35-22(3)4/h7-9,11,13-17,19,22,31H,10,12,18,20H2,1-6H3/b23-17+. The van der Waals surface area contributed by atoms with Crippen LogP contribution < -0.4 is 20.3 Å². The Balaban J connectivity index is 1.90. The summed E-state index contributed by atoms with van der Waals surface area (Å²) in [6.07, 6.45) is 6.18. The number of ether oxygens (including phenoxy) is 2. The van der Waals surface area contributed by atoms with Crippen molar-refractivity contribution in [2.45, 2.75) is 60.1 Å². The van der Waals surface area contributed by atoms with Gasteiger partial charge in [-0.05, 0) is 77.3 Å². The number of nitrogens with zero attached hydrogens (tertiary/aromatic N) is 1. The molecular formula is C30H38N2O3. The minimum atomic E-state index is -0.203. The largest absolute Gasteiger partial charge is 0.485 e. The van der Waals surface area contributed by atoms with Crippen LogP contribution >= 0.6 is 0 Å². The lowest BCUT2D eigenvalue weighted by Crippen LogP contribution is -2.23. The first-order chi connectivity index (χ1) is 16.8. The van der Waals surface area contributed by atoms with Crippen molar-refractivity contribution >= 4 is 16.6 Å². The summed E-state index contributed by atoms with van der Waals surface area (Å²) in [5.41, 5.74) is 5.31. The summed E-state index contributed by atoms with van der Waals surface area (Å²) >= 11 is 0. The molecule has 2 aromatic carbocycles. The van der Waals surface area contributed by atoms with Gasteiger partial charge in [-0.1, -0.05) is 47.6 Å². The Labute approximate surface area is 209 Å². The molecule has 1 aromatic heterocycles. The molecule has 0 bridgehead atoms. The molecule has 186 valence electrons.